The van der Waals surface area contributed by atoms with Crippen molar-refractivity contribution in [3.63, 3.8) is 0 Å². The maximum Gasteiger partial charge on any atom is 0.291 e. The summed E-state index contributed by atoms with van der Waals surface area (Å²) in [6.07, 6.45) is 2.63. The largest absolute Gasteiger partial charge is 0.543 e. The van der Waals surface area contributed by atoms with E-state index in [1.807, 2.05) is 0 Å². The Labute approximate surface area is 123 Å². The quantitative estimate of drug-likeness (QED) is 0.860. The van der Waals surface area contributed by atoms with E-state index in [4.69, 9.17) is 4.42 Å². The fourth-order valence-corrected chi connectivity index (χ4v) is 1.73. The number of nitrogens with one attached hydrogen (secondary N) is 1. The molecule has 6 heteroatoms. The van der Waals surface area contributed by atoms with E-state index in [9.17, 15) is 14.7 Å². The molecule has 0 spiro atoms. The van der Waals surface area contributed by atoms with Crippen molar-refractivity contribution < 1.29 is 19.1 Å². The van der Waals surface area contributed by atoms with Crippen LogP contribution in [-0.2, 0) is 4.79 Å². The molecule has 1 aromatic carbocycles. The third kappa shape index (κ3) is 3.58. The minimum Gasteiger partial charge on any atom is -0.543 e. The van der Waals surface area contributed by atoms with Crippen molar-refractivity contribution in [2.45, 2.75) is 0 Å². The van der Waals surface area contributed by atoms with Crippen LogP contribution in [0.25, 0.3) is 6.08 Å². The molecule has 1 amide bonds. The molecule has 0 atom stereocenters. The number of aliphatic carboxylic acids is 1. The zero-order valence-electron chi connectivity index (χ0n) is 10.1. The van der Waals surface area contributed by atoms with E-state index in [0.29, 0.717) is 5.56 Å². The molecular weight excluding hydrogens is 326 g/mol. The SMILES string of the molecule is O=C([O-])/C(=C\c1ccc(Br)cc1)NC(=O)c1ccco1. The van der Waals surface area contributed by atoms with E-state index in [2.05, 4.69) is 21.2 Å². The van der Waals surface area contributed by atoms with Crippen molar-refractivity contribution >= 4 is 33.9 Å². The van der Waals surface area contributed by atoms with Gasteiger partial charge in [0, 0.05) is 4.47 Å². The molecule has 0 saturated carbocycles. The number of hydrogen-bond acceptors (Lipinski definition) is 4. The van der Waals surface area contributed by atoms with Gasteiger partial charge in [-0.15, -0.1) is 0 Å². The number of hydrogen-bond donors (Lipinski definition) is 1. The van der Waals surface area contributed by atoms with Gasteiger partial charge in [-0.2, -0.15) is 0 Å². The smallest absolute Gasteiger partial charge is 0.291 e. The van der Waals surface area contributed by atoms with Crippen molar-refractivity contribution in [2.24, 2.45) is 0 Å². The number of carbonyl (C=O) groups excluding carboxylic acids is 2. The van der Waals surface area contributed by atoms with Gasteiger partial charge >= 0.3 is 0 Å². The first-order valence-electron chi connectivity index (χ1n) is 5.60. The van der Waals surface area contributed by atoms with Gasteiger partial charge in [0.05, 0.1) is 17.9 Å². The highest BCUT2D eigenvalue weighted by molar-refractivity contribution is 9.10. The summed E-state index contributed by atoms with van der Waals surface area (Å²) in [5.41, 5.74) is 0.279. The molecule has 1 N–H and O–H groups in total. The Hall–Kier alpha value is -2.34. The molecule has 2 rings (SSSR count). The molecule has 0 aliphatic heterocycles. The summed E-state index contributed by atoms with van der Waals surface area (Å²) in [6, 6.07) is 9.88. The minimum absolute atomic E-state index is 0.0213. The summed E-state index contributed by atoms with van der Waals surface area (Å²) in [5, 5.41) is 13.3. The summed E-state index contributed by atoms with van der Waals surface area (Å²) in [4.78, 5) is 22.8. The summed E-state index contributed by atoms with van der Waals surface area (Å²) >= 11 is 3.28. The maximum absolute atomic E-state index is 11.7. The first-order chi connectivity index (χ1) is 9.56. The van der Waals surface area contributed by atoms with Gasteiger partial charge in [-0.1, -0.05) is 28.1 Å². The fourth-order valence-electron chi connectivity index (χ4n) is 1.46. The fraction of sp³-hybridized carbons (Fsp3) is 0. The summed E-state index contributed by atoms with van der Waals surface area (Å²) in [5.74, 6) is -2.11. The maximum atomic E-state index is 11.7. The molecule has 1 heterocycles. The van der Waals surface area contributed by atoms with Crippen LogP contribution >= 0.6 is 15.9 Å². The van der Waals surface area contributed by atoms with E-state index in [1.54, 1.807) is 24.3 Å². The Morgan fingerprint density at radius 2 is 1.90 bits per heavy atom. The van der Waals surface area contributed by atoms with Crippen LogP contribution in [0.15, 0.2) is 57.2 Å². The molecule has 0 aliphatic carbocycles. The van der Waals surface area contributed by atoms with Crippen LogP contribution in [0.4, 0.5) is 0 Å². The Bertz CT molecular complexity index is 644. The van der Waals surface area contributed by atoms with Crippen LogP contribution in [0.2, 0.25) is 0 Å². The molecule has 0 unspecified atom stereocenters. The predicted molar refractivity (Wildman–Crippen MR) is 73.3 cm³/mol. The zero-order valence-corrected chi connectivity index (χ0v) is 11.7. The van der Waals surface area contributed by atoms with Crippen molar-refractivity contribution in [3.05, 3.63) is 64.2 Å². The van der Waals surface area contributed by atoms with Crippen molar-refractivity contribution in [2.75, 3.05) is 0 Å². The van der Waals surface area contributed by atoms with E-state index < -0.39 is 11.9 Å². The third-order valence-electron chi connectivity index (χ3n) is 2.39. The van der Waals surface area contributed by atoms with Crippen LogP contribution in [-0.4, -0.2) is 11.9 Å². The molecule has 5 nitrogen and oxygen atoms in total. The van der Waals surface area contributed by atoms with Crippen LogP contribution in [0.1, 0.15) is 16.1 Å². The minimum atomic E-state index is -1.48. The Kier molecular flexibility index (Phi) is 4.37. The van der Waals surface area contributed by atoms with E-state index in [1.165, 1.54) is 24.5 Å². The predicted octanol–water partition coefficient (Wildman–Crippen LogP) is 1.56. The van der Waals surface area contributed by atoms with Crippen molar-refractivity contribution in [1.82, 2.24) is 5.32 Å². The first-order valence-corrected chi connectivity index (χ1v) is 6.39. The van der Waals surface area contributed by atoms with Gasteiger partial charge in [0.2, 0.25) is 0 Å². The highest BCUT2D eigenvalue weighted by Crippen LogP contribution is 2.13. The average Bonchev–Trinajstić information content (AvgIpc) is 2.94. The highest BCUT2D eigenvalue weighted by Gasteiger charge is 2.10. The normalized spacial score (nSPS) is 11.2. The molecule has 20 heavy (non-hydrogen) atoms. The molecular formula is C14H9BrNO4-. The zero-order chi connectivity index (χ0) is 14.5. The number of furan rings is 1. The molecule has 102 valence electrons. The lowest BCUT2D eigenvalue weighted by molar-refractivity contribution is -0.299. The van der Waals surface area contributed by atoms with E-state index in [0.717, 1.165) is 4.47 Å². The molecule has 0 fully saturated rings. The molecule has 2 aromatic rings. The lowest BCUT2D eigenvalue weighted by Gasteiger charge is -2.09. The second-order valence-electron chi connectivity index (χ2n) is 3.83. The second-order valence-corrected chi connectivity index (χ2v) is 4.74. The number of amides is 1. The number of halogens is 1. The first kappa shape index (κ1) is 14.1. The monoisotopic (exact) mass is 334 g/mol. The standard InChI is InChI=1S/C14H10BrNO4/c15-10-5-3-9(4-6-10)8-11(14(18)19)16-13(17)12-2-1-7-20-12/h1-8H,(H,16,17)(H,18,19)/p-1/b11-8+. The Morgan fingerprint density at radius 1 is 1.20 bits per heavy atom. The lowest BCUT2D eigenvalue weighted by atomic mass is 10.2. The van der Waals surface area contributed by atoms with E-state index >= 15 is 0 Å². The van der Waals surface area contributed by atoms with Crippen LogP contribution in [0, 0.1) is 0 Å². The molecule has 0 saturated heterocycles. The van der Waals surface area contributed by atoms with Gasteiger partial charge in [0.15, 0.2) is 5.76 Å². The van der Waals surface area contributed by atoms with Gasteiger partial charge in [-0.05, 0) is 35.9 Å². The number of carbonyl (C=O) groups is 2. The van der Waals surface area contributed by atoms with Crippen LogP contribution < -0.4 is 10.4 Å². The van der Waals surface area contributed by atoms with Gasteiger partial charge in [0.1, 0.15) is 0 Å². The van der Waals surface area contributed by atoms with Gasteiger partial charge in [-0.25, -0.2) is 0 Å². The van der Waals surface area contributed by atoms with Crippen LogP contribution in [0.5, 0.6) is 0 Å². The summed E-state index contributed by atoms with van der Waals surface area (Å²) in [6.45, 7) is 0. The van der Waals surface area contributed by atoms with Crippen molar-refractivity contribution in [1.29, 1.82) is 0 Å². The number of carboxylic acids is 1. The second kappa shape index (κ2) is 6.21. The Balaban J connectivity index is 2.21. The molecule has 1 aromatic heterocycles. The number of carboxylic acid groups (broad SMARTS) is 1. The number of benzene rings is 1. The third-order valence-corrected chi connectivity index (χ3v) is 2.92. The number of rotatable bonds is 4. The molecule has 0 radical (unpaired) electrons. The summed E-state index contributed by atoms with van der Waals surface area (Å²) in [7, 11) is 0. The lowest BCUT2D eigenvalue weighted by Crippen LogP contribution is -2.35. The highest BCUT2D eigenvalue weighted by atomic mass is 79.9. The van der Waals surface area contributed by atoms with Crippen LogP contribution in [0.3, 0.4) is 0 Å². The van der Waals surface area contributed by atoms with E-state index in [-0.39, 0.29) is 11.5 Å². The summed E-state index contributed by atoms with van der Waals surface area (Å²) < 4.78 is 5.75. The topological polar surface area (TPSA) is 82.4 Å². The van der Waals surface area contributed by atoms with Gasteiger partial charge < -0.3 is 19.6 Å². The Morgan fingerprint density at radius 3 is 2.45 bits per heavy atom. The van der Waals surface area contributed by atoms with Gasteiger partial charge in [-0.3, -0.25) is 4.79 Å². The van der Waals surface area contributed by atoms with Crippen molar-refractivity contribution in [3.8, 4) is 0 Å². The van der Waals surface area contributed by atoms with Gasteiger partial charge in [0.25, 0.3) is 5.91 Å². The molecule has 0 bridgehead atoms. The molecule has 0 aliphatic rings. The average molecular weight is 335 g/mol.